The van der Waals surface area contributed by atoms with Gasteiger partial charge in [0.15, 0.2) is 17.2 Å². The number of benzene rings is 1. The molecule has 0 bridgehead atoms. The molecule has 0 fully saturated rings. The van der Waals surface area contributed by atoms with Crippen LogP contribution in [0.2, 0.25) is 5.02 Å². The van der Waals surface area contributed by atoms with Crippen LogP contribution in [0.25, 0.3) is 11.1 Å². The second kappa shape index (κ2) is 10.2. The van der Waals surface area contributed by atoms with E-state index in [9.17, 15) is 9.59 Å². The fourth-order valence-electron chi connectivity index (χ4n) is 4.42. The lowest BCUT2D eigenvalue weighted by Gasteiger charge is -2.21. The van der Waals surface area contributed by atoms with Gasteiger partial charge in [0.25, 0.3) is 5.91 Å². The average molecular weight is 497 g/mol. The number of fused-ring (bicyclic) bond motifs is 3. The van der Waals surface area contributed by atoms with Crippen LogP contribution in [0.4, 0.5) is 0 Å². The van der Waals surface area contributed by atoms with Crippen molar-refractivity contribution < 1.29 is 23.7 Å². The van der Waals surface area contributed by atoms with E-state index in [2.05, 4.69) is 10.3 Å². The maximum Gasteiger partial charge on any atom is 0.270 e. The Labute approximate surface area is 207 Å². The molecule has 2 aromatic carbocycles. The minimum atomic E-state index is -0.519. The van der Waals surface area contributed by atoms with Crippen LogP contribution >= 0.6 is 11.6 Å². The molecular weight excluding hydrogens is 472 g/mol. The van der Waals surface area contributed by atoms with E-state index in [0.29, 0.717) is 51.8 Å². The summed E-state index contributed by atoms with van der Waals surface area (Å²) in [5, 5.41) is 3.41. The third kappa shape index (κ3) is 4.37. The zero-order chi connectivity index (χ0) is 25.1. The minimum absolute atomic E-state index is 0.167. The molecule has 0 radical (unpaired) electrons. The van der Waals surface area contributed by atoms with Gasteiger partial charge in [-0.2, -0.15) is 0 Å². The average Bonchev–Trinajstić information content (AvgIpc) is 3.13. The maximum atomic E-state index is 13.0. The fraction of sp³-hybridized carbons (Fsp3) is 0.269. The molecule has 0 unspecified atom stereocenters. The van der Waals surface area contributed by atoms with Crippen LogP contribution in [0.3, 0.4) is 0 Å². The Balaban J connectivity index is 1.99. The molecule has 1 heterocycles. The first-order valence-electron chi connectivity index (χ1n) is 10.9. The molecule has 0 saturated carbocycles. The lowest BCUT2D eigenvalue weighted by molar-refractivity contribution is 0.0930. The van der Waals surface area contributed by atoms with Crippen LogP contribution < -0.4 is 29.7 Å². The van der Waals surface area contributed by atoms with Crippen molar-refractivity contribution in [2.75, 3.05) is 28.4 Å². The van der Waals surface area contributed by atoms with E-state index in [1.165, 1.54) is 34.5 Å². The second-order valence-corrected chi connectivity index (χ2v) is 8.20. The second-order valence-electron chi connectivity index (χ2n) is 7.83. The number of aromatic nitrogens is 1. The van der Waals surface area contributed by atoms with Gasteiger partial charge in [-0.05, 0) is 53.8 Å². The van der Waals surface area contributed by atoms with Crippen LogP contribution in [0.5, 0.6) is 23.0 Å². The number of nitrogens with zero attached hydrogens (tertiary/aromatic N) is 1. The van der Waals surface area contributed by atoms with Crippen LogP contribution in [-0.2, 0) is 6.42 Å². The Bertz CT molecular complexity index is 1330. The highest BCUT2D eigenvalue weighted by Crippen LogP contribution is 2.54. The predicted octanol–water partition coefficient (Wildman–Crippen LogP) is 4.21. The Morgan fingerprint density at radius 3 is 2.37 bits per heavy atom. The van der Waals surface area contributed by atoms with Gasteiger partial charge in [0.05, 0.1) is 39.5 Å². The van der Waals surface area contributed by atoms with E-state index in [4.69, 9.17) is 30.5 Å². The van der Waals surface area contributed by atoms with Gasteiger partial charge < -0.3 is 24.3 Å². The van der Waals surface area contributed by atoms with Crippen LogP contribution in [0, 0.1) is 0 Å². The van der Waals surface area contributed by atoms with Gasteiger partial charge in [-0.15, -0.1) is 0 Å². The number of hydrogen-bond acceptors (Lipinski definition) is 7. The fourth-order valence-corrected chi connectivity index (χ4v) is 4.77. The van der Waals surface area contributed by atoms with E-state index >= 15 is 0 Å². The molecule has 1 aliphatic carbocycles. The summed E-state index contributed by atoms with van der Waals surface area (Å²) >= 11 is 6.81. The first-order chi connectivity index (χ1) is 16.9. The SMILES string of the molecule is COc1c(Cl)c2c(c(OC)c1OC)-c1ccc(OC)c(=O)cc1[C@@H](NC(=O)c1ccccn1)CC2. The minimum Gasteiger partial charge on any atom is -0.493 e. The van der Waals surface area contributed by atoms with Gasteiger partial charge in [-0.25, -0.2) is 0 Å². The van der Waals surface area contributed by atoms with E-state index in [1.807, 2.05) is 0 Å². The Hall–Kier alpha value is -3.78. The molecule has 1 atom stereocenters. The molecule has 9 heteroatoms. The molecule has 1 N–H and O–H groups in total. The molecule has 4 rings (SSSR count). The summed E-state index contributed by atoms with van der Waals surface area (Å²) < 4.78 is 22.2. The van der Waals surface area contributed by atoms with Gasteiger partial charge in [-0.1, -0.05) is 23.7 Å². The highest BCUT2D eigenvalue weighted by Gasteiger charge is 2.32. The summed E-state index contributed by atoms with van der Waals surface area (Å²) in [6, 6.07) is 9.43. The number of hydrogen-bond donors (Lipinski definition) is 1. The zero-order valence-corrected chi connectivity index (χ0v) is 20.6. The Kier molecular flexibility index (Phi) is 7.12. The highest BCUT2D eigenvalue weighted by atomic mass is 35.5. The number of rotatable bonds is 6. The van der Waals surface area contributed by atoms with Crippen molar-refractivity contribution in [3.8, 4) is 34.1 Å². The Morgan fingerprint density at radius 2 is 1.74 bits per heavy atom. The molecule has 1 amide bonds. The molecule has 182 valence electrons. The third-order valence-corrected chi connectivity index (χ3v) is 6.41. The van der Waals surface area contributed by atoms with Crippen LogP contribution in [-0.4, -0.2) is 39.3 Å². The summed E-state index contributed by atoms with van der Waals surface area (Å²) in [5.74, 6) is 0.914. The number of methoxy groups -OCH3 is 4. The van der Waals surface area contributed by atoms with E-state index in [1.54, 1.807) is 36.5 Å². The number of carbonyl (C=O) groups excluding carboxylic acids is 1. The summed E-state index contributed by atoms with van der Waals surface area (Å²) in [7, 11) is 5.96. The summed E-state index contributed by atoms with van der Waals surface area (Å²) in [6.07, 6.45) is 2.49. The lowest BCUT2D eigenvalue weighted by atomic mass is 9.95. The van der Waals surface area contributed by atoms with Crippen molar-refractivity contribution >= 4 is 17.5 Å². The van der Waals surface area contributed by atoms with Crippen molar-refractivity contribution in [3.05, 3.63) is 74.7 Å². The Morgan fingerprint density at radius 1 is 1.00 bits per heavy atom. The maximum absolute atomic E-state index is 13.0. The summed E-state index contributed by atoms with van der Waals surface area (Å²) in [5.41, 5.74) is 2.63. The normalized spacial score (nSPS) is 14.1. The van der Waals surface area contributed by atoms with Gasteiger partial charge >= 0.3 is 0 Å². The van der Waals surface area contributed by atoms with Crippen molar-refractivity contribution in [2.45, 2.75) is 18.9 Å². The van der Waals surface area contributed by atoms with E-state index in [0.717, 1.165) is 5.56 Å². The number of pyridine rings is 1. The molecular formula is C26H25ClN2O6. The summed E-state index contributed by atoms with van der Waals surface area (Å²) in [6.45, 7) is 0. The number of halogens is 1. The number of nitrogens with one attached hydrogen (secondary N) is 1. The van der Waals surface area contributed by atoms with Crippen LogP contribution in [0.1, 0.15) is 34.1 Å². The standard InChI is InChI=1S/C26H25ClN2O6/c1-32-20-11-9-14-16(13-19(20)30)17(29-26(31)18-7-5-6-12-28-18)10-8-15-21(14)23(33-2)25(35-4)24(34-3)22(15)27/h5-7,9,11-13,17H,8,10H2,1-4H3,(H,29,31)/t17-/m0/s1. The first kappa shape index (κ1) is 24.3. The van der Waals surface area contributed by atoms with Crippen LogP contribution in [0.15, 0.2) is 47.4 Å². The quantitative estimate of drug-likeness (QED) is 0.546. The van der Waals surface area contributed by atoms with Gasteiger partial charge in [0.1, 0.15) is 5.69 Å². The molecule has 0 spiro atoms. The molecule has 35 heavy (non-hydrogen) atoms. The molecule has 0 aliphatic heterocycles. The van der Waals surface area contributed by atoms with Gasteiger partial charge in [-0.3, -0.25) is 14.6 Å². The highest BCUT2D eigenvalue weighted by molar-refractivity contribution is 6.34. The topological polar surface area (TPSA) is 96.0 Å². The first-order valence-corrected chi connectivity index (χ1v) is 11.3. The van der Waals surface area contributed by atoms with Gasteiger partial charge in [0, 0.05) is 11.8 Å². The summed E-state index contributed by atoms with van der Waals surface area (Å²) in [4.78, 5) is 30.1. The van der Waals surface area contributed by atoms with Crippen molar-refractivity contribution in [3.63, 3.8) is 0 Å². The zero-order valence-electron chi connectivity index (χ0n) is 19.8. The van der Waals surface area contributed by atoms with Gasteiger partial charge in [0.2, 0.25) is 11.2 Å². The smallest absolute Gasteiger partial charge is 0.270 e. The molecule has 1 aliphatic rings. The molecule has 0 saturated heterocycles. The largest absolute Gasteiger partial charge is 0.493 e. The monoisotopic (exact) mass is 496 g/mol. The number of amides is 1. The number of carbonyl (C=O) groups is 1. The molecule has 1 aromatic heterocycles. The molecule has 3 aromatic rings. The third-order valence-electron chi connectivity index (χ3n) is 6.01. The van der Waals surface area contributed by atoms with E-state index in [-0.39, 0.29) is 22.8 Å². The molecule has 8 nitrogen and oxygen atoms in total. The van der Waals surface area contributed by atoms with Crippen molar-refractivity contribution in [1.29, 1.82) is 0 Å². The lowest BCUT2D eigenvalue weighted by Crippen LogP contribution is -2.29. The number of ether oxygens (including phenoxy) is 4. The predicted molar refractivity (Wildman–Crippen MR) is 132 cm³/mol. The van der Waals surface area contributed by atoms with E-state index < -0.39 is 6.04 Å². The van der Waals surface area contributed by atoms with Crippen molar-refractivity contribution in [1.82, 2.24) is 10.3 Å². The van der Waals surface area contributed by atoms with Crippen molar-refractivity contribution in [2.24, 2.45) is 0 Å².